The van der Waals surface area contributed by atoms with Crippen LogP contribution in [0.25, 0.3) is 0 Å². The van der Waals surface area contributed by atoms with Crippen LogP contribution in [0.5, 0.6) is 5.75 Å². The van der Waals surface area contributed by atoms with E-state index >= 15 is 0 Å². The van der Waals surface area contributed by atoms with E-state index in [4.69, 9.17) is 15.6 Å². The van der Waals surface area contributed by atoms with Gasteiger partial charge in [0.25, 0.3) is 5.91 Å². The van der Waals surface area contributed by atoms with E-state index in [2.05, 4.69) is 5.32 Å². The molecule has 0 fully saturated rings. The smallest absolute Gasteiger partial charge is 0.308 e. The highest BCUT2D eigenvalue weighted by molar-refractivity contribution is 5.99. The van der Waals surface area contributed by atoms with Crippen LogP contribution in [0.15, 0.2) is 18.2 Å². The van der Waals surface area contributed by atoms with E-state index < -0.39 is 11.9 Å². The Kier molecular flexibility index (Phi) is 6.02. The molecule has 6 heteroatoms. The second-order valence-corrected chi connectivity index (χ2v) is 5.33. The standard InChI is InChI=1S/C15H22N2O4/c1-9(2)6-10(15(19)20)8-17-14(18)12-5-4-11(21-3)7-13(12)16/h4-5,7,9-10H,6,8,16H2,1-3H3,(H,17,18)(H,19,20). The lowest BCUT2D eigenvalue weighted by molar-refractivity contribution is -0.142. The molecule has 0 aliphatic carbocycles. The molecule has 1 aromatic rings. The number of anilines is 1. The number of ether oxygens (including phenoxy) is 1. The third-order valence-electron chi connectivity index (χ3n) is 3.12. The number of benzene rings is 1. The highest BCUT2D eigenvalue weighted by Gasteiger charge is 2.20. The van der Waals surface area contributed by atoms with Gasteiger partial charge >= 0.3 is 5.97 Å². The van der Waals surface area contributed by atoms with Crippen molar-refractivity contribution in [3.63, 3.8) is 0 Å². The Bertz CT molecular complexity index is 514. The quantitative estimate of drug-likeness (QED) is 0.665. The van der Waals surface area contributed by atoms with Crippen LogP contribution in [-0.2, 0) is 4.79 Å². The molecule has 116 valence electrons. The summed E-state index contributed by atoms with van der Waals surface area (Å²) >= 11 is 0. The minimum Gasteiger partial charge on any atom is -0.497 e. The minimum absolute atomic E-state index is 0.0812. The van der Waals surface area contributed by atoms with E-state index in [0.717, 1.165) is 0 Å². The molecule has 0 radical (unpaired) electrons. The maximum absolute atomic E-state index is 12.1. The average molecular weight is 294 g/mol. The van der Waals surface area contributed by atoms with E-state index in [-0.39, 0.29) is 18.4 Å². The Balaban J connectivity index is 2.70. The number of carboxylic acid groups (broad SMARTS) is 1. The molecule has 0 saturated carbocycles. The van der Waals surface area contributed by atoms with Crippen molar-refractivity contribution in [1.29, 1.82) is 0 Å². The fourth-order valence-corrected chi connectivity index (χ4v) is 2.03. The molecule has 1 amide bonds. The van der Waals surface area contributed by atoms with E-state index in [1.165, 1.54) is 7.11 Å². The molecule has 1 unspecified atom stereocenters. The Morgan fingerprint density at radius 3 is 2.52 bits per heavy atom. The molecule has 1 rings (SSSR count). The number of methoxy groups -OCH3 is 1. The summed E-state index contributed by atoms with van der Waals surface area (Å²) in [7, 11) is 1.51. The number of nitrogen functional groups attached to an aromatic ring is 1. The fourth-order valence-electron chi connectivity index (χ4n) is 2.03. The molecule has 0 spiro atoms. The monoisotopic (exact) mass is 294 g/mol. The largest absolute Gasteiger partial charge is 0.497 e. The number of amides is 1. The number of hydrogen-bond donors (Lipinski definition) is 3. The zero-order valence-corrected chi connectivity index (χ0v) is 12.6. The second-order valence-electron chi connectivity index (χ2n) is 5.33. The lowest BCUT2D eigenvalue weighted by atomic mass is 9.97. The van der Waals surface area contributed by atoms with Gasteiger partial charge in [-0.05, 0) is 24.5 Å². The van der Waals surface area contributed by atoms with E-state index in [0.29, 0.717) is 23.4 Å². The number of hydrogen-bond acceptors (Lipinski definition) is 4. The predicted octanol–water partition coefficient (Wildman–Crippen LogP) is 1.75. The van der Waals surface area contributed by atoms with Gasteiger partial charge in [0.05, 0.1) is 18.6 Å². The van der Waals surface area contributed by atoms with Crippen molar-refractivity contribution in [3.05, 3.63) is 23.8 Å². The molecule has 6 nitrogen and oxygen atoms in total. The molecule has 1 atom stereocenters. The van der Waals surface area contributed by atoms with Gasteiger partial charge in [0.2, 0.25) is 0 Å². The minimum atomic E-state index is -0.910. The summed E-state index contributed by atoms with van der Waals surface area (Å²) in [4.78, 5) is 23.2. The van der Waals surface area contributed by atoms with Crippen LogP contribution in [0, 0.1) is 11.8 Å². The molecular weight excluding hydrogens is 272 g/mol. The summed E-state index contributed by atoms with van der Waals surface area (Å²) in [5, 5.41) is 11.8. The Morgan fingerprint density at radius 2 is 2.05 bits per heavy atom. The Morgan fingerprint density at radius 1 is 1.38 bits per heavy atom. The molecule has 0 aliphatic heterocycles. The third kappa shape index (κ3) is 4.98. The SMILES string of the molecule is COc1ccc(C(=O)NCC(CC(C)C)C(=O)O)c(N)c1. The number of rotatable bonds is 7. The topological polar surface area (TPSA) is 102 Å². The van der Waals surface area contributed by atoms with Gasteiger partial charge < -0.3 is 20.9 Å². The van der Waals surface area contributed by atoms with Gasteiger partial charge in [0.1, 0.15) is 5.75 Å². The lowest BCUT2D eigenvalue weighted by Crippen LogP contribution is -2.34. The van der Waals surface area contributed by atoms with Gasteiger partial charge in [0, 0.05) is 18.3 Å². The molecule has 0 saturated heterocycles. The van der Waals surface area contributed by atoms with Crippen LogP contribution in [0.3, 0.4) is 0 Å². The first-order valence-electron chi connectivity index (χ1n) is 6.79. The fraction of sp³-hybridized carbons (Fsp3) is 0.467. The summed E-state index contributed by atoms with van der Waals surface area (Å²) in [6, 6.07) is 4.74. The molecule has 21 heavy (non-hydrogen) atoms. The maximum Gasteiger partial charge on any atom is 0.308 e. The van der Waals surface area contributed by atoms with Crippen LogP contribution >= 0.6 is 0 Å². The average Bonchev–Trinajstić information content (AvgIpc) is 2.42. The molecule has 0 aliphatic rings. The number of nitrogens with two attached hydrogens (primary N) is 1. The molecular formula is C15H22N2O4. The lowest BCUT2D eigenvalue weighted by Gasteiger charge is -2.16. The maximum atomic E-state index is 12.1. The van der Waals surface area contributed by atoms with Crippen LogP contribution in [0.2, 0.25) is 0 Å². The van der Waals surface area contributed by atoms with Gasteiger partial charge in [0.15, 0.2) is 0 Å². The first-order chi connectivity index (χ1) is 9.85. The normalized spacial score (nSPS) is 12.0. The molecule has 0 bridgehead atoms. The van der Waals surface area contributed by atoms with Crippen LogP contribution in [0.4, 0.5) is 5.69 Å². The highest BCUT2D eigenvalue weighted by atomic mass is 16.5. The van der Waals surface area contributed by atoms with Gasteiger partial charge in [-0.25, -0.2) is 0 Å². The van der Waals surface area contributed by atoms with Gasteiger partial charge in [-0.3, -0.25) is 9.59 Å². The molecule has 1 aromatic carbocycles. The van der Waals surface area contributed by atoms with Gasteiger partial charge in [-0.15, -0.1) is 0 Å². The Labute approximate surface area is 124 Å². The second kappa shape index (κ2) is 7.52. The van der Waals surface area contributed by atoms with Crippen molar-refractivity contribution in [2.45, 2.75) is 20.3 Å². The predicted molar refractivity (Wildman–Crippen MR) is 80.3 cm³/mol. The van der Waals surface area contributed by atoms with Crippen molar-refractivity contribution in [2.75, 3.05) is 19.4 Å². The Hall–Kier alpha value is -2.24. The van der Waals surface area contributed by atoms with Crippen LogP contribution in [0.1, 0.15) is 30.6 Å². The van der Waals surface area contributed by atoms with Gasteiger partial charge in [-0.2, -0.15) is 0 Å². The van der Waals surface area contributed by atoms with Crippen molar-refractivity contribution in [3.8, 4) is 5.75 Å². The van der Waals surface area contributed by atoms with E-state index in [1.807, 2.05) is 13.8 Å². The van der Waals surface area contributed by atoms with Crippen molar-refractivity contribution in [1.82, 2.24) is 5.32 Å². The highest BCUT2D eigenvalue weighted by Crippen LogP contribution is 2.19. The van der Waals surface area contributed by atoms with Crippen molar-refractivity contribution >= 4 is 17.6 Å². The van der Waals surface area contributed by atoms with E-state index in [9.17, 15) is 9.59 Å². The van der Waals surface area contributed by atoms with Crippen molar-refractivity contribution in [2.24, 2.45) is 11.8 Å². The van der Waals surface area contributed by atoms with E-state index in [1.54, 1.807) is 18.2 Å². The number of nitrogens with one attached hydrogen (secondary N) is 1. The van der Waals surface area contributed by atoms with Crippen LogP contribution in [-0.4, -0.2) is 30.6 Å². The first-order valence-corrected chi connectivity index (χ1v) is 6.79. The molecule has 4 N–H and O–H groups in total. The summed E-state index contributed by atoms with van der Waals surface area (Å²) < 4.78 is 5.01. The zero-order chi connectivity index (χ0) is 16.0. The number of carbonyl (C=O) groups excluding carboxylic acids is 1. The van der Waals surface area contributed by atoms with Crippen LogP contribution < -0.4 is 15.8 Å². The number of aliphatic carboxylic acids is 1. The number of carboxylic acids is 1. The van der Waals surface area contributed by atoms with Gasteiger partial charge in [-0.1, -0.05) is 13.8 Å². The third-order valence-corrected chi connectivity index (χ3v) is 3.12. The summed E-state index contributed by atoms with van der Waals surface area (Å²) in [5.41, 5.74) is 6.39. The zero-order valence-electron chi connectivity index (χ0n) is 12.6. The first kappa shape index (κ1) is 16.8. The summed E-state index contributed by atoms with van der Waals surface area (Å²) in [6.45, 7) is 3.97. The number of carbonyl (C=O) groups is 2. The molecule has 0 heterocycles. The van der Waals surface area contributed by atoms with Crippen molar-refractivity contribution < 1.29 is 19.4 Å². The summed E-state index contributed by atoms with van der Waals surface area (Å²) in [6.07, 6.45) is 0.508. The molecule has 0 aromatic heterocycles. The summed E-state index contributed by atoms with van der Waals surface area (Å²) in [5.74, 6) is -1.09.